The fourth-order valence-electron chi connectivity index (χ4n) is 1.92. The van der Waals surface area contributed by atoms with Crippen LogP contribution >= 0.6 is 15.9 Å². The third-order valence-electron chi connectivity index (χ3n) is 2.78. The molecule has 2 rings (SSSR count). The molecule has 3 nitrogen and oxygen atoms in total. The first-order valence-electron chi connectivity index (χ1n) is 5.60. The first kappa shape index (κ1) is 11.9. The van der Waals surface area contributed by atoms with Crippen LogP contribution in [-0.4, -0.2) is 37.2 Å². The molecule has 0 radical (unpaired) electrons. The van der Waals surface area contributed by atoms with E-state index in [9.17, 15) is 0 Å². The lowest BCUT2D eigenvalue weighted by Gasteiger charge is -2.15. The van der Waals surface area contributed by atoms with Crippen LogP contribution in [0, 0.1) is 0 Å². The van der Waals surface area contributed by atoms with Gasteiger partial charge in [-0.25, -0.2) is 0 Å². The molecule has 1 atom stereocenters. The molecule has 0 spiro atoms. The Kier molecular flexibility index (Phi) is 4.21. The minimum Gasteiger partial charge on any atom is -0.492 e. The molecule has 1 heterocycles. The SMILES string of the molecule is NC1CCN(CCOc2cccc(Br)c2)C1. The molecule has 1 fully saturated rings. The molecule has 88 valence electrons. The van der Waals surface area contributed by atoms with E-state index in [-0.39, 0.29) is 0 Å². The van der Waals surface area contributed by atoms with Gasteiger partial charge in [0, 0.05) is 23.6 Å². The number of nitrogens with zero attached hydrogens (tertiary/aromatic N) is 1. The largest absolute Gasteiger partial charge is 0.492 e. The Morgan fingerprint density at radius 2 is 2.38 bits per heavy atom. The van der Waals surface area contributed by atoms with Gasteiger partial charge in [0.25, 0.3) is 0 Å². The fraction of sp³-hybridized carbons (Fsp3) is 0.500. The molecular weight excluding hydrogens is 268 g/mol. The Hall–Kier alpha value is -0.580. The molecule has 1 aliphatic rings. The molecule has 0 saturated carbocycles. The number of nitrogens with two attached hydrogens (primary N) is 1. The predicted octanol–water partition coefficient (Wildman–Crippen LogP) is 1.86. The molecular formula is C12H17BrN2O. The van der Waals surface area contributed by atoms with Crippen molar-refractivity contribution in [2.75, 3.05) is 26.2 Å². The van der Waals surface area contributed by atoms with Crippen molar-refractivity contribution in [2.24, 2.45) is 5.73 Å². The zero-order valence-electron chi connectivity index (χ0n) is 9.23. The molecule has 0 amide bonds. The van der Waals surface area contributed by atoms with Gasteiger partial charge in [-0.15, -0.1) is 0 Å². The number of rotatable bonds is 4. The highest BCUT2D eigenvalue weighted by Crippen LogP contribution is 2.17. The fourth-order valence-corrected chi connectivity index (χ4v) is 2.29. The first-order chi connectivity index (χ1) is 7.74. The molecule has 1 saturated heterocycles. The zero-order valence-corrected chi connectivity index (χ0v) is 10.8. The number of likely N-dealkylation sites (tertiary alicyclic amines) is 1. The van der Waals surface area contributed by atoms with E-state index in [1.165, 1.54) is 0 Å². The summed E-state index contributed by atoms with van der Waals surface area (Å²) in [4.78, 5) is 2.35. The van der Waals surface area contributed by atoms with E-state index < -0.39 is 0 Å². The number of ether oxygens (including phenoxy) is 1. The minimum absolute atomic E-state index is 0.353. The van der Waals surface area contributed by atoms with E-state index >= 15 is 0 Å². The van der Waals surface area contributed by atoms with Crippen molar-refractivity contribution in [1.82, 2.24) is 4.90 Å². The lowest BCUT2D eigenvalue weighted by Crippen LogP contribution is -2.29. The van der Waals surface area contributed by atoms with Crippen molar-refractivity contribution >= 4 is 15.9 Å². The Balaban J connectivity index is 1.72. The molecule has 0 bridgehead atoms. The monoisotopic (exact) mass is 284 g/mol. The Labute approximate surface area is 105 Å². The summed E-state index contributed by atoms with van der Waals surface area (Å²) in [6, 6.07) is 8.28. The standard InChI is InChI=1S/C12H17BrN2O/c13-10-2-1-3-12(8-10)16-7-6-15-5-4-11(14)9-15/h1-3,8,11H,4-7,9,14H2. The normalized spacial score (nSPS) is 21.2. The van der Waals surface area contributed by atoms with Crippen LogP contribution in [0.3, 0.4) is 0 Å². The third-order valence-corrected chi connectivity index (χ3v) is 3.27. The van der Waals surface area contributed by atoms with Crippen LogP contribution in [0.5, 0.6) is 5.75 Å². The van der Waals surface area contributed by atoms with Crippen molar-refractivity contribution < 1.29 is 4.74 Å². The maximum Gasteiger partial charge on any atom is 0.120 e. The van der Waals surface area contributed by atoms with E-state index in [4.69, 9.17) is 10.5 Å². The molecule has 16 heavy (non-hydrogen) atoms. The summed E-state index contributed by atoms with van der Waals surface area (Å²) in [5.41, 5.74) is 5.84. The summed E-state index contributed by atoms with van der Waals surface area (Å²) in [5.74, 6) is 0.915. The summed E-state index contributed by atoms with van der Waals surface area (Å²) in [7, 11) is 0. The number of halogens is 1. The number of hydrogen-bond donors (Lipinski definition) is 1. The molecule has 0 aromatic heterocycles. The van der Waals surface area contributed by atoms with Crippen molar-refractivity contribution in [1.29, 1.82) is 0 Å². The van der Waals surface area contributed by atoms with E-state index in [1.54, 1.807) is 0 Å². The van der Waals surface area contributed by atoms with Gasteiger partial charge in [-0.3, -0.25) is 4.90 Å². The highest BCUT2D eigenvalue weighted by atomic mass is 79.9. The van der Waals surface area contributed by atoms with Crippen molar-refractivity contribution in [3.05, 3.63) is 28.7 Å². The summed E-state index contributed by atoms with van der Waals surface area (Å²) in [6.45, 7) is 3.79. The molecule has 1 aliphatic heterocycles. The quantitative estimate of drug-likeness (QED) is 0.917. The first-order valence-corrected chi connectivity index (χ1v) is 6.39. The summed E-state index contributed by atoms with van der Waals surface area (Å²) in [6.07, 6.45) is 1.11. The van der Waals surface area contributed by atoms with Gasteiger partial charge in [0.1, 0.15) is 12.4 Å². The highest BCUT2D eigenvalue weighted by molar-refractivity contribution is 9.10. The van der Waals surface area contributed by atoms with Gasteiger partial charge < -0.3 is 10.5 Å². The van der Waals surface area contributed by atoms with Gasteiger partial charge in [-0.05, 0) is 31.2 Å². The molecule has 1 aromatic carbocycles. The van der Waals surface area contributed by atoms with Crippen LogP contribution in [0.25, 0.3) is 0 Å². The van der Waals surface area contributed by atoms with Crippen LogP contribution in [0.2, 0.25) is 0 Å². The van der Waals surface area contributed by atoms with E-state index in [2.05, 4.69) is 20.8 Å². The van der Waals surface area contributed by atoms with E-state index in [1.807, 2.05) is 24.3 Å². The summed E-state index contributed by atoms with van der Waals surface area (Å²) >= 11 is 3.42. The molecule has 1 unspecified atom stereocenters. The van der Waals surface area contributed by atoms with Crippen LogP contribution in [0.15, 0.2) is 28.7 Å². The Bertz CT molecular complexity index is 346. The van der Waals surface area contributed by atoms with Gasteiger partial charge >= 0.3 is 0 Å². The van der Waals surface area contributed by atoms with E-state index in [0.29, 0.717) is 6.04 Å². The second-order valence-corrected chi connectivity index (χ2v) is 5.07. The second kappa shape index (κ2) is 5.66. The van der Waals surface area contributed by atoms with Crippen molar-refractivity contribution in [3.8, 4) is 5.75 Å². The van der Waals surface area contributed by atoms with Crippen LogP contribution in [0.1, 0.15) is 6.42 Å². The third kappa shape index (κ3) is 3.47. The lowest BCUT2D eigenvalue weighted by atomic mass is 10.3. The highest BCUT2D eigenvalue weighted by Gasteiger charge is 2.18. The van der Waals surface area contributed by atoms with Gasteiger partial charge in [0.05, 0.1) is 0 Å². The lowest BCUT2D eigenvalue weighted by molar-refractivity contribution is 0.236. The maximum absolute atomic E-state index is 5.84. The molecule has 0 aliphatic carbocycles. The topological polar surface area (TPSA) is 38.5 Å². The number of benzene rings is 1. The van der Waals surface area contributed by atoms with Crippen LogP contribution in [0.4, 0.5) is 0 Å². The van der Waals surface area contributed by atoms with Gasteiger partial charge in [-0.1, -0.05) is 22.0 Å². The Morgan fingerprint density at radius 1 is 1.50 bits per heavy atom. The average Bonchev–Trinajstić information content (AvgIpc) is 2.64. The maximum atomic E-state index is 5.84. The number of hydrogen-bond acceptors (Lipinski definition) is 3. The minimum atomic E-state index is 0.353. The second-order valence-electron chi connectivity index (χ2n) is 4.16. The van der Waals surface area contributed by atoms with Crippen molar-refractivity contribution in [2.45, 2.75) is 12.5 Å². The Morgan fingerprint density at radius 3 is 3.06 bits per heavy atom. The van der Waals surface area contributed by atoms with Crippen LogP contribution in [-0.2, 0) is 0 Å². The summed E-state index contributed by atoms with van der Waals surface area (Å²) < 4.78 is 6.72. The van der Waals surface area contributed by atoms with Gasteiger partial charge in [0.2, 0.25) is 0 Å². The average molecular weight is 285 g/mol. The molecule has 1 aromatic rings. The van der Waals surface area contributed by atoms with Gasteiger partial charge in [-0.2, -0.15) is 0 Å². The summed E-state index contributed by atoms with van der Waals surface area (Å²) in [5, 5.41) is 0. The van der Waals surface area contributed by atoms with E-state index in [0.717, 1.165) is 42.9 Å². The predicted molar refractivity (Wildman–Crippen MR) is 68.7 cm³/mol. The molecule has 2 N–H and O–H groups in total. The van der Waals surface area contributed by atoms with Crippen LogP contribution < -0.4 is 10.5 Å². The molecule has 4 heteroatoms. The smallest absolute Gasteiger partial charge is 0.120 e. The van der Waals surface area contributed by atoms with Gasteiger partial charge in [0.15, 0.2) is 0 Å². The zero-order chi connectivity index (χ0) is 11.4. The van der Waals surface area contributed by atoms with Crippen molar-refractivity contribution in [3.63, 3.8) is 0 Å².